The van der Waals surface area contributed by atoms with Crippen molar-refractivity contribution in [3.63, 3.8) is 0 Å². The van der Waals surface area contributed by atoms with E-state index in [0.29, 0.717) is 17.5 Å². The summed E-state index contributed by atoms with van der Waals surface area (Å²) in [6.07, 6.45) is 0. The maximum atomic E-state index is 5.05. The van der Waals surface area contributed by atoms with Crippen molar-refractivity contribution in [3.05, 3.63) is 188 Å². The monoisotopic (exact) mass is 693 g/mol. The average Bonchev–Trinajstić information content (AvgIpc) is 3.84. The summed E-state index contributed by atoms with van der Waals surface area (Å²) in [4.78, 5) is 25.1. The largest absolute Gasteiger partial charge is 0.292 e. The van der Waals surface area contributed by atoms with Crippen molar-refractivity contribution in [1.29, 1.82) is 0 Å². The van der Waals surface area contributed by atoms with Crippen LogP contribution in [0.1, 0.15) is 0 Å². The molecule has 3 heterocycles. The van der Waals surface area contributed by atoms with E-state index in [-0.39, 0.29) is 0 Å². The Morgan fingerprint density at radius 3 is 0.963 bits per heavy atom. The van der Waals surface area contributed by atoms with Gasteiger partial charge in [0.2, 0.25) is 0 Å². The fourth-order valence-corrected chi connectivity index (χ4v) is 7.01. The van der Waals surface area contributed by atoms with E-state index in [1.54, 1.807) is 0 Å². The molecule has 0 spiro atoms. The lowest BCUT2D eigenvalue weighted by Crippen LogP contribution is -2.01. The van der Waals surface area contributed by atoms with Crippen molar-refractivity contribution < 1.29 is 0 Å². The number of nitrogens with zero attached hydrogens (tertiary/aromatic N) is 7. The van der Waals surface area contributed by atoms with E-state index < -0.39 is 0 Å². The highest BCUT2D eigenvalue weighted by Gasteiger charge is 2.18. The van der Waals surface area contributed by atoms with Crippen LogP contribution >= 0.6 is 0 Å². The first-order valence-electron chi connectivity index (χ1n) is 17.9. The lowest BCUT2D eigenvalue weighted by molar-refractivity contribution is 1.07. The number of hydrogen-bond acceptors (Lipinski definition) is 5. The van der Waals surface area contributed by atoms with E-state index in [1.807, 2.05) is 91.0 Å². The summed E-state index contributed by atoms with van der Waals surface area (Å²) in [6, 6.07) is 63.8. The Morgan fingerprint density at radius 1 is 0.259 bits per heavy atom. The van der Waals surface area contributed by atoms with Crippen molar-refractivity contribution in [2.45, 2.75) is 0 Å². The van der Waals surface area contributed by atoms with Gasteiger partial charge in [-0.15, -0.1) is 0 Å². The quantitative estimate of drug-likeness (QED) is 0.166. The van der Waals surface area contributed by atoms with Crippen molar-refractivity contribution in [2.75, 3.05) is 0 Å². The number of rotatable bonds is 7. The normalized spacial score (nSPS) is 11.3. The molecule has 7 heteroatoms. The van der Waals surface area contributed by atoms with E-state index in [4.69, 9.17) is 24.9 Å². The highest BCUT2D eigenvalue weighted by Crippen LogP contribution is 2.32. The van der Waals surface area contributed by atoms with Gasteiger partial charge in [-0.05, 0) is 72.8 Å². The second kappa shape index (κ2) is 13.2. The Hall–Kier alpha value is -7.51. The van der Waals surface area contributed by atoms with E-state index >= 15 is 0 Å². The molecule has 254 valence electrons. The summed E-state index contributed by atoms with van der Waals surface area (Å²) in [5.74, 6) is 3.59. The first-order chi connectivity index (χ1) is 26.8. The van der Waals surface area contributed by atoms with Crippen molar-refractivity contribution in [1.82, 2.24) is 34.1 Å². The lowest BCUT2D eigenvalue weighted by atomic mass is 10.1. The fourth-order valence-electron chi connectivity index (χ4n) is 7.01. The van der Waals surface area contributed by atoms with E-state index in [1.165, 1.54) is 0 Å². The van der Waals surface area contributed by atoms with Gasteiger partial charge >= 0.3 is 0 Å². The van der Waals surface area contributed by atoms with Crippen LogP contribution in [0.25, 0.3) is 90.4 Å². The molecule has 0 aliphatic heterocycles. The van der Waals surface area contributed by atoms with Crippen molar-refractivity contribution in [3.8, 4) is 68.3 Å². The average molecular weight is 694 g/mol. The third kappa shape index (κ3) is 5.61. The van der Waals surface area contributed by atoms with Gasteiger partial charge in [-0.25, -0.2) is 24.9 Å². The minimum absolute atomic E-state index is 0.597. The number of para-hydroxylation sites is 4. The Bertz CT molecular complexity index is 2720. The van der Waals surface area contributed by atoms with E-state index in [0.717, 1.165) is 72.9 Å². The SMILES string of the molecule is c1ccc(-c2nc(-c3ccc(-n4c(-c5ccccc5)nc5ccccc54)cc3)nc(-c3ccc(-n4c(-c5ccccc5)nc5ccccc54)cc3)n2)cc1. The molecule has 0 N–H and O–H groups in total. The Labute approximate surface area is 311 Å². The van der Waals surface area contributed by atoms with Crippen LogP contribution in [0, 0.1) is 0 Å². The minimum atomic E-state index is 0.597. The molecule has 7 nitrogen and oxygen atoms in total. The van der Waals surface area contributed by atoms with Gasteiger partial charge in [0.15, 0.2) is 17.5 Å². The second-order valence-electron chi connectivity index (χ2n) is 13.0. The lowest BCUT2D eigenvalue weighted by Gasteiger charge is -2.12. The smallest absolute Gasteiger partial charge is 0.164 e. The molecular formula is C47H31N7. The summed E-state index contributed by atoms with van der Waals surface area (Å²) in [5.41, 5.74) is 10.8. The van der Waals surface area contributed by atoms with E-state index in [9.17, 15) is 0 Å². The first-order valence-corrected chi connectivity index (χ1v) is 17.9. The third-order valence-corrected chi connectivity index (χ3v) is 9.62. The minimum Gasteiger partial charge on any atom is -0.292 e. The van der Waals surface area contributed by atoms with Gasteiger partial charge in [0, 0.05) is 39.2 Å². The van der Waals surface area contributed by atoms with Crippen molar-refractivity contribution >= 4 is 22.1 Å². The fraction of sp³-hybridized carbons (Fsp3) is 0. The van der Waals surface area contributed by atoms with Gasteiger partial charge in [-0.1, -0.05) is 115 Å². The zero-order chi connectivity index (χ0) is 35.8. The molecule has 0 radical (unpaired) electrons. The predicted molar refractivity (Wildman–Crippen MR) is 216 cm³/mol. The van der Waals surface area contributed by atoms with Crippen LogP contribution in [0.5, 0.6) is 0 Å². The Kier molecular flexibility index (Phi) is 7.66. The standard InChI is InChI=1S/C47H31N7/c1-4-14-32(15-5-1)43-50-44(33-24-28-37(29-25-33)53-41-22-12-10-20-39(41)48-46(53)35-16-6-2-7-17-35)52-45(51-43)34-26-30-38(31-27-34)54-42-23-13-11-21-40(42)49-47(54)36-18-8-3-9-19-36/h1-31H. The molecule has 0 saturated heterocycles. The topological polar surface area (TPSA) is 74.3 Å². The summed E-state index contributed by atoms with van der Waals surface area (Å²) < 4.78 is 4.41. The van der Waals surface area contributed by atoms with Gasteiger partial charge in [-0.3, -0.25) is 9.13 Å². The maximum absolute atomic E-state index is 5.05. The molecule has 0 atom stereocenters. The second-order valence-corrected chi connectivity index (χ2v) is 13.0. The molecule has 54 heavy (non-hydrogen) atoms. The van der Waals surface area contributed by atoms with Crippen LogP contribution in [0.15, 0.2) is 188 Å². The molecule has 3 aromatic heterocycles. The summed E-state index contributed by atoms with van der Waals surface area (Å²) >= 11 is 0. The molecule has 0 bridgehead atoms. The number of imidazole rings is 2. The van der Waals surface area contributed by atoms with Crippen LogP contribution in [-0.4, -0.2) is 34.1 Å². The van der Waals surface area contributed by atoms with E-state index in [2.05, 4.69) is 106 Å². The molecule has 10 rings (SSSR count). The number of hydrogen-bond donors (Lipinski definition) is 0. The first kappa shape index (κ1) is 31.2. The molecule has 0 fully saturated rings. The van der Waals surface area contributed by atoms with Gasteiger partial charge in [0.25, 0.3) is 0 Å². The molecule has 0 saturated carbocycles. The van der Waals surface area contributed by atoms with Gasteiger partial charge < -0.3 is 0 Å². The maximum Gasteiger partial charge on any atom is 0.164 e. The summed E-state index contributed by atoms with van der Waals surface area (Å²) in [7, 11) is 0. The number of aromatic nitrogens is 7. The molecule has 0 aliphatic rings. The summed E-state index contributed by atoms with van der Waals surface area (Å²) in [6.45, 7) is 0. The Morgan fingerprint density at radius 2 is 0.574 bits per heavy atom. The van der Waals surface area contributed by atoms with Crippen LogP contribution in [0.2, 0.25) is 0 Å². The molecule has 10 aromatic rings. The Balaban J connectivity index is 1.06. The van der Waals surface area contributed by atoms with Gasteiger partial charge in [0.1, 0.15) is 11.6 Å². The highest BCUT2D eigenvalue weighted by molar-refractivity contribution is 5.85. The number of benzene rings is 7. The zero-order valence-electron chi connectivity index (χ0n) is 29.0. The molecule has 0 aliphatic carbocycles. The molecule has 7 aromatic carbocycles. The molecular weight excluding hydrogens is 663 g/mol. The van der Waals surface area contributed by atoms with Crippen molar-refractivity contribution in [2.24, 2.45) is 0 Å². The summed E-state index contributed by atoms with van der Waals surface area (Å²) in [5, 5.41) is 0. The zero-order valence-corrected chi connectivity index (χ0v) is 29.0. The highest BCUT2D eigenvalue weighted by atomic mass is 15.1. The van der Waals surface area contributed by atoms with Crippen LogP contribution in [-0.2, 0) is 0 Å². The predicted octanol–water partition coefficient (Wildman–Crippen LogP) is 10.9. The van der Waals surface area contributed by atoms with Gasteiger partial charge in [-0.2, -0.15) is 0 Å². The molecule has 0 amide bonds. The van der Waals surface area contributed by atoms with Crippen LogP contribution < -0.4 is 0 Å². The number of fused-ring (bicyclic) bond motifs is 2. The van der Waals surface area contributed by atoms with Crippen LogP contribution in [0.3, 0.4) is 0 Å². The third-order valence-electron chi connectivity index (χ3n) is 9.62. The molecule has 0 unspecified atom stereocenters. The van der Waals surface area contributed by atoms with Crippen LogP contribution in [0.4, 0.5) is 0 Å². The van der Waals surface area contributed by atoms with Gasteiger partial charge in [0.05, 0.1) is 22.1 Å².